The van der Waals surface area contributed by atoms with Crippen LogP contribution in [0.4, 0.5) is 5.69 Å². The summed E-state index contributed by atoms with van der Waals surface area (Å²) in [6.45, 7) is 4.58. The van der Waals surface area contributed by atoms with Crippen LogP contribution < -0.4 is 10.6 Å². The summed E-state index contributed by atoms with van der Waals surface area (Å²) in [7, 11) is -2.95. The molecule has 0 radical (unpaired) electrons. The van der Waals surface area contributed by atoms with E-state index < -0.39 is 9.84 Å². The summed E-state index contributed by atoms with van der Waals surface area (Å²) in [6, 6.07) is 5.93. The standard InChI is InChI=1S/C15H22N2O3S/c1-11-3-4-12(2)14(9-11)16-7-5-15(18)17-13-6-8-21(19,20)10-13/h3-4,9,13,16H,5-8,10H2,1-2H3,(H,17,18). The fraction of sp³-hybridized carbons (Fsp3) is 0.533. The average Bonchev–Trinajstić information content (AvgIpc) is 2.73. The zero-order chi connectivity index (χ0) is 15.5. The highest BCUT2D eigenvalue weighted by atomic mass is 32.2. The molecule has 0 bridgehead atoms. The highest BCUT2D eigenvalue weighted by Gasteiger charge is 2.28. The van der Waals surface area contributed by atoms with Crippen LogP contribution in [0.15, 0.2) is 18.2 Å². The predicted octanol–water partition coefficient (Wildman–Crippen LogP) is 1.41. The number of carbonyl (C=O) groups excluding carboxylic acids is 1. The molecule has 2 rings (SSSR count). The van der Waals surface area contributed by atoms with Crippen LogP contribution in [0.1, 0.15) is 24.0 Å². The number of anilines is 1. The summed E-state index contributed by atoms with van der Waals surface area (Å²) < 4.78 is 22.7. The van der Waals surface area contributed by atoms with Crippen LogP contribution in [-0.2, 0) is 14.6 Å². The van der Waals surface area contributed by atoms with Gasteiger partial charge in [0.1, 0.15) is 0 Å². The van der Waals surface area contributed by atoms with Crippen molar-refractivity contribution in [3.63, 3.8) is 0 Å². The quantitative estimate of drug-likeness (QED) is 0.862. The van der Waals surface area contributed by atoms with Gasteiger partial charge >= 0.3 is 0 Å². The minimum absolute atomic E-state index is 0.0726. The summed E-state index contributed by atoms with van der Waals surface area (Å²) in [5.41, 5.74) is 3.35. The van der Waals surface area contributed by atoms with E-state index in [9.17, 15) is 13.2 Å². The number of amides is 1. The van der Waals surface area contributed by atoms with E-state index in [0.29, 0.717) is 19.4 Å². The molecule has 1 aliphatic heterocycles. The highest BCUT2D eigenvalue weighted by molar-refractivity contribution is 7.91. The molecule has 0 spiro atoms. The molecular weight excluding hydrogens is 288 g/mol. The molecule has 0 aliphatic carbocycles. The Balaban J connectivity index is 1.76. The van der Waals surface area contributed by atoms with Gasteiger partial charge in [0.05, 0.1) is 11.5 Å². The second-order valence-corrected chi connectivity index (χ2v) is 7.89. The average molecular weight is 310 g/mol. The largest absolute Gasteiger partial charge is 0.384 e. The topological polar surface area (TPSA) is 75.3 Å². The van der Waals surface area contributed by atoms with E-state index in [2.05, 4.69) is 16.7 Å². The predicted molar refractivity (Wildman–Crippen MR) is 84.2 cm³/mol. The van der Waals surface area contributed by atoms with Gasteiger partial charge in [-0.05, 0) is 37.5 Å². The van der Waals surface area contributed by atoms with Gasteiger partial charge in [-0.2, -0.15) is 0 Å². The maximum atomic E-state index is 11.8. The van der Waals surface area contributed by atoms with Crippen molar-refractivity contribution in [2.45, 2.75) is 32.7 Å². The van der Waals surface area contributed by atoms with E-state index in [0.717, 1.165) is 11.3 Å². The molecule has 0 saturated carbocycles. The van der Waals surface area contributed by atoms with Crippen molar-refractivity contribution >= 4 is 21.4 Å². The molecule has 1 aliphatic rings. The molecule has 0 aromatic heterocycles. The van der Waals surface area contributed by atoms with Crippen molar-refractivity contribution in [2.24, 2.45) is 0 Å². The number of nitrogens with one attached hydrogen (secondary N) is 2. The zero-order valence-corrected chi connectivity index (χ0v) is 13.3. The molecule has 1 aromatic rings. The fourth-order valence-corrected chi connectivity index (χ4v) is 4.12. The van der Waals surface area contributed by atoms with Crippen molar-refractivity contribution in [3.05, 3.63) is 29.3 Å². The third-order valence-electron chi connectivity index (χ3n) is 3.66. The van der Waals surface area contributed by atoms with Crippen LogP contribution in [0, 0.1) is 13.8 Å². The first-order valence-corrected chi connectivity index (χ1v) is 8.99. The van der Waals surface area contributed by atoms with Gasteiger partial charge in [0.2, 0.25) is 5.91 Å². The maximum Gasteiger partial charge on any atom is 0.222 e. The Hall–Kier alpha value is -1.56. The van der Waals surface area contributed by atoms with E-state index in [1.165, 1.54) is 5.56 Å². The van der Waals surface area contributed by atoms with Gasteiger partial charge in [-0.15, -0.1) is 0 Å². The lowest BCUT2D eigenvalue weighted by Gasteiger charge is -2.13. The van der Waals surface area contributed by atoms with Gasteiger partial charge in [0.25, 0.3) is 0 Å². The third-order valence-corrected chi connectivity index (χ3v) is 5.43. The van der Waals surface area contributed by atoms with E-state index in [1.54, 1.807) is 0 Å². The lowest BCUT2D eigenvalue weighted by Crippen LogP contribution is -2.36. The van der Waals surface area contributed by atoms with Crippen molar-refractivity contribution < 1.29 is 13.2 Å². The Labute approximate surface area is 126 Å². The number of hydrogen-bond donors (Lipinski definition) is 2. The summed E-state index contributed by atoms with van der Waals surface area (Å²) in [5.74, 6) is 0.150. The second-order valence-electron chi connectivity index (χ2n) is 5.66. The van der Waals surface area contributed by atoms with Gasteiger partial charge in [-0.1, -0.05) is 12.1 Å². The molecule has 1 fully saturated rings. The molecule has 1 saturated heterocycles. The smallest absolute Gasteiger partial charge is 0.222 e. The summed E-state index contributed by atoms with van der Waals surface area (Å²) in [4.78, 5) is 11.8. The van der Waals surface area contributed by atoms with Crippen LogP contribution in [0.2, 0.25) is 0 Å². The number of sulfone groups is 1. The molecule has 1 amide bonds. The minimum atomic E-state index is -2.95. The maximum absolute atomic E-state index is 11.8. The Bertz CT molecular complexity index is 626. The normalized spacial score (nSPS) is 20.2. The van der Waals surface area contributed by atoms with E-state index in [1.807, 2.05) is 26.0 Å². The molecule has 1 heterocycles. The Morgan fingerprint density at radius 2 is 2.10 bits per heavy atom. The van der Waals surface area contributed by atoms with Gasteiger partial charge in [-0.25, -0.2) is 8.42 Å². The Kier molecular flexibility index (Phi) is 4.88. The molecule has 116 valence electrons. The first-order chi connectivity index (χ1) is 9.85. The highest BCUT2D eigenvalue weighted by Crippen LogP contribution is 2.16. The fourth-order valence-electron chi connectivity index (χ4n) is 2.45. The Morgan fingerprint density at radius 1 is 1.33 bits per heavy atom. The van der Waals surface area contributed by atoms with Crippen LogP contribution in [0.3, 0.4) is 0 Å². The summed E-state index contributed by atoms with van der Waals surface area (Å²) in [6.07, 6.45) is 0.864. The number of carbonyl (C=O) groups is 1. The molecule has 21 heavy (non-hydrogen) atoms. The lowest BCUT2D eigenvalue weighted by atomic mass is 10.1. The first kappa shape index (κ1) is 15.8. The third kappa shape index (κ3) is 4.74. The van der Waals surface area contributed by atoms with Crippen molar-refractivity contribution in [2.75, 3.05) is 23.4 Å². The number of hydrogen-bond acceptors (Lipinski definition) is 4. The molecule has 1 aromatic carbocycles. The monoisotopic (exact) mass is 310 g/mol. The number of aryl methyl sites for hydroxylation is 2. The van der Waals surface area contributed by atoms with Crippen LogP contribution >= 0.6 is 0 Å². The van der Waals surface area contributed by atoms with Gasteiger partial charge in [0.15, 0.2) is 9.84 Å². The Morgan fingerprint density at radius 3 is 2.76 bits per heavy atom. The van der Waals surface area contributed by atoms with Crippen molar-refractivity contribution in [1.82, 2.24) is 5.32 Å². The minimum Gasteiger partial charge on any atom is -0.384 e. The van der Waals surface area contributed by atoms with E-state index in [-0.39, 0.29) is 23.5 Å². The van der Waals surface area contributed by atoms with Crippen molar-refractivity contribution in [3.8, 4) is 0 Å². The zero-order valence-electron chi connectivity index (χ0n) is 12.5. The lowest BCUT2D eigenvalue weighted by molar-refractivity contribution is -0.121. The molecule has 6 heteroatoms. The van der Waals surface area contributed by atoms with Crippen LogP contribution in [0.25, 0.3) is 0 Å². The molecule has 5 nitrogen and oxygen atoms in total. The van der Waals surface area contributed by atoms with Crippen molar-refractivity contribution in [1.29, 1.82) is 0 Å². The molecule has 2 N–H and O–H groups in total. The summed E-state index contributed by atoms with van der Waals surface area (Å²) in [5, 5.41) is 6.04. The van der Waals surface area contributed by atoms with Gasteiger partial charge < -0.3 is 10.6 Å². The van der Waals surface area contributed by atoms with Crippen LogP contribution in [-0.4, -0.2) is 38.4 Å². The van der Waals surface area contributed by atoms with Gasteiger partial charge in [-0.3, -0.25) is 4.79 Å². The van der Waals surface area contributed by atoms with Gasteiger partial charge in [0, 0.05) is 24.7 Å². The SMILES string of the molecule is Cc1ccc(C)c(NCCC(=O)NC2CCS(=O)(=O)C2)c1. The molecule has 1 unspecified atom stereocenters. The number of benzene rings is 1. The van der Waals surface area contributed by atoms with Crippen LogP contribution in [0.5, 0.6) is 0 Å². The summed E-state index contributed by atoms with van der Waals surface area (Å²) >= 11 is 0. The molecule has 1 atom stereocenters. The van der Waals surface area contributed by atoms with E-state index in [4.69, 9.17) is 0 Å². The second kappa shape index (κ2) is 6.47. The first-order valence-electron chi connectivity index (χ1n) is 7.17. The molecular formula is C15H22N2O3S. The number of rotatable bonds is 5. The van der Waals surface area contributed by atoms with E-state index >= 15 is 0 Å².